The first-order valence-electron chi connectivity index (χ1n) is 4.69. The van der Waals surface area contributed by atoms with Gasteiger partial charge >= 0.3 is 0 Å². The molecule has 5 nitrogen and oxygen atoms in total. The van der Waals surface area contributed by atoms with E-state index in [4.69, 9.17) is 11.6 Å². The molecule has 0 radical (unpaired) electrons. The van der Waals surface area contributed by atoms with E-state index in [9.17, 15) is 9.59 Å². The molecule has 1 rings (SSSR count). The number of hydrogen-bond donors (Lipinski definition) is 2. The van der Waals surface area contributed by atoms with E-state index in [-0.39, 0.29) is 16.6 Å². The lowest BCUT2D eigenvalue weighted by Crippen LogP contribution is -2.43. The summed E-state index contributed by atoms with van der Waals surface area (Å²) >= 11 is 5.74. The summed E-state index contributed by atoms with van der Waals surface area (Å²) in [6.07, 6.45) is 1.49. The van der Waals surface area contributed by atoms with Crippen LogP contribution in [0.4, 0.5) is 0 Å². The normalized spacial score (nSPS) is 11.7. The Kier molecular flexibility index (Phi) is 4.25. The fraction of sp³-hybridized carbons (Fsp3) is 0.300. The van der Waals surface area contributed by atoms with Gasteiger partial charge in [-0.2, -0.15) is 0 Å². The summed E-state index contributed by atoms with van der Waals surface area (Å²) in [4.78, 5) is 26.6. The molecule has 0 saturated heterocycles. The van der Waals surface area contributed by atoms with Crippen molar-refractivity contribution in [2.45, 2.75) is 13.0 Å². The van der Waals surface area contributed by atoms with Gasteiger partial charge in [0, 0.05) is 13.2 Å². The number of aromatic nitrogens is 1. The molecule has 0 bridgehead atoms. The maximum Gasteiger partial charge on any atom is 0.255 e. The van der Waals surface area contributed by atoms with E-state index in [2.05, 4.69) is 15.6 Å². The molecule has 1 aromatic heterocycles. The van der Waals surface area contributed by atoms with Crippen LogP contribution in [0.2, 0.25) is 5.15 Å². The topological polar surface area (TPSA) is 71.1 Å². The Morgan fingerprint density at radius 1 is 1.50 bits per heavy atom. The first kappa shape index (κ1) is 12.4. The van der Waals surface area contributed by atoms with E-state index in [0.717, 1.165) is 0 Å². The van der Waals surface area contributed by atoms with Gasteiger partial charge in [-0.05, 0) is 19.1 Å². The minimum absolute atomic E-state index is 0.115. The van der Waals surface area contributed by atoms with E-state index in [1.165, 1.54) is 13.2 Å². The van der Waals surface area contributed by atoms with Crippen LogP contribution in [0.3, 0.4) is 0 Å². The molecule has 0 aromatic carbocycles. The summed E-state index contributed by atoms with van der Waals surface area (Å²) in [6.45, 7) is 1.58. The fourth-order valence-corrected chi connectivity index (χ4v) is 1.32. The Hall–Kier alpha value is -1.62. The molecule has 1 unspecified atom stereocenters. The molecule has 0 aliphatic carbocycles. The largest absolute Gasteiger partial charge is 0.357 e. The predicted molar refractivity (Wildman–Crippen MR) is 60.2 cm³/mol. The van der Waals surface area contributed by atoms with E-state index < -0.39 is 11.9 Å². The molecule has 1 aromatic rings. The van der Waals surface area contributed by atoms with Gasteiger partial charge in [0.2, 0.25) is 5.91 Å². The fourth-order valence-electron chi connectivity index (χ4n) is 1.11. The van der Waals surface area contributed by atoms with Crippen molar-refractivity contribution in [2.75, 3.05) is 7.05 Å². The lowest BCUT2D eigenvalue weighted by atomic mass is 10.2. The van der Waals surface area contributed by atoms with Gasteiger partial charge in [-0.25, -0.2) is 4.98 Å². The molecule has 6 heteroatoms. The summed E-state index contributed by atoms with van der Waals surface area (Å²) in [5, 5.41) is 5.06. The first-order chi connectivity index (χ1) is 7.56. The first-order valence-corrected chi connectivity index (χ1v) is 5.07. The Labute approximate surface area is 98.2 Å². The lowest BCUT2D eigenvalue weighted by Gasteiger charge is -2.12. The maximum absolute atomic E-state index is 11.7. The smallest absolute Gasteiger partial charge is 0.255 e. The minimum Gasteiger partial charge on any atom is -0.357 e. The third-order valence-electron chi connectivity index (χ3n) is 1.99. The van der Waals surface area contributed by atoms with Gasteiger partial charge in [0.15, 0.2) is 0 Å². The van der Waals surface area contributed by atoms with Crippen molar-refractivity contribution in [2.24, 2.45) is 0 Å². The molecule has 0 aliphatic rings. The van der Waals surface area contributed by atoms with Gasteiger partial charge in [-0.1, -0.05) is 11.6 Å². The second-order valence-electron chi connectivity index (χ2n) is 3.15. The minimum atomic E-state index is -0.617. The molecule has 16 heavy (non-hydrogen) atoms. The molecule has 2 amide bonds. The maximum atomic E-state index is 11.7. The summed E-state index contributed by atoms with van der Waals surface area (Å²) < 4.78 is 0. The van der Waals surface area contributed by atoms with Crippen LogP contribution in [0.15, 0.2) is 18.3 Å². The van der Waals surface area contributed by atoms with Crippen LogP contribution >= 0.6 is 11.6 Å². The highest BCUT2D eigenvalue weighted by Crippen LogP contribution is 2.11. The summed E-state index contributed by atoms with van der Waals surface area (Å²) in [7, 11) is 1.50. The molecule has 0 aliphatic heterocycles. The number of carbonyl (C=O) groups excluding carboxylic acids is 2. The standard InChI is InChI=1S/C10H12ClN3O2/c1-6(9(15)12-2)14-10(16)7-4-3-5-13-8(7)11/h3-6H,1-2H3,(H,12,15)(H,14,16). The molecule has 2 N–H and O–H groups in total. The highest BCUT2D eigenvalue weighted by atomic mass is 35.5. The number of carbonyl (C=O) groups is 2. The quantitative estimate of drug-likeness (QED) is 0.762. The molecular weight excluding hydrogens is 230 g/mol. The molecule has 86 valence electrons. The van der Waals surface area contributed by atoms with Crippen LogP contribution in [0.5, 0.6) is 0 Å². The van der Waals surface area contributed by atoms with Crippen LogP contribution in [-0.2, 0) is 4.79 Å². The molecule has 0 spiro atoms. The molecule has 1 heterocycles. The number of pyridine rings is 1. The zero-order valence-corrected chi connectivity index (χ0v) is 9.71. The van der Waals surface area contributed by atoms with Gasteiger partial charge < -0.3 is 10.6 Å². The highest BCUT2D eigenvalue weighted by Gasteiger charge is 2.17. The van der Waals surface area contributed by atoms with Crippen LogP contribution in [0.25, 0.3) is 0 Å². The number of nitrogens with zero attached hydrogens (tertiary/aromatic N) is 1. The second-order valence-corrected chi connectivity index (χ2v) is 3.51. The predicted octanol–water partition coefficient (Wildman–Crippen LogP) is 0.599. The van der Waals surface area contributed by atoms with Crippen molar-refractivity contribution >= 4 is 23.4 Å². The summed E-state index contributed by atoms with van der Waals surface area (Å²) in [5.74, 6) is -0.692. The number of halogens is 1. The van der Waals surface area contributed by atoms with Crippen LogP contribution in [0.1, 0.15) is 17.3 Å². The summed E-state index contributed by atoms with van der Waals surface area (Å²) in [6, 6.07) is 2.53. The number of hydrogen-bond acceptors (Lipinski definition) is 3. The number of nitrogens with one attached hydrogen (secondary N) is 2. The Morgan fingerprint density at radius 3 is 2.75 bits per heavy atom. The SMILES string of the molecule is CNC(=O)C(C)NC(=O)c1cccnc1Cl. The van der Waals surface area contributed by atoms with E-state index in [1.807, 2.05) is 0 Å². The third kappa shape index (κ3) is 2.93. The van der Waals surface area contributed by atoms with Gasteiger partial charge in [0.25, 0.3) is 5.91 Å². The van der Waals surface area contributed by atoms with E-state index in [0.29, 0.717) is 0 Å². The summed E-state index contributed by atoms with van der Waals surface area (Å²) in [5.41, 5.74) is 0.250. The van der Waals surface area contributed by atoms with Gasteiger partial charge in [0.05, 0.1) is 5.56 Å². The van der Waals surface area contributed by atoms with Crippen molar-refractivity contribution in [3.63, 3.8) is 0 Å². The van der Waals surface area contributed by atoms with Crippen molar-refractivity contribution in [3.8, 4) is 0 Å². The van der Waals surface area contributed by atoms with Gasteiger partial charge in [-0.3, -0.25) is 9.59 Å². The number of likely N-dealkylation sites (N-methyl/N-ethyl adjacent to an activating group) is 1. The van der Waals surface area contributed by atoms with Crippen molar-refractivity contribution in [3.05, 3.63) is 29.0 Å². The van der Waals surface area contributed by atoms with Crippen molar-refractivity contribution in [1.29, 1.82) is 0 Å². The van der Waals surface area contributed by atoms with Crippen LogP contribution in [0, 0.1) is 0 Å². The van der Waals surface area contributed by atoms with Gasteiger partial charge in [-0.15, -0.1) is 0 Å². The average Bonchev–Trinajstić information content (AvgIpc) is 2.28. The van der Waals surface area contributed by atoms with Crippen LogP contribution in [-0.4, -0.2) is 29.9 Å². The van der Waals surface area contributed by atoms with Crippen molar-refractivity contribution < 1.29 is 9.59 Å². The molecule has 0 saturated carbocycles. The zero-order valence-electron chi connectivity index (χ0n) is 8.95. The van der Waals surface area contributed by atoms with E-state index in [1.54, 1.807) is 19.1 Å². The second kappa shape index (κ2) is 5.46. The monoisotopic (exact) mass is 241 g/mol. The van der Waals surface area contributed by atoms with Gasteiger partial charge in [0.1, 0.15) is 11.2 Å². The molecule has 0 fully saturated rings. The lowest BCUT2D eigenvalue weighted by molar-refractivity contribution is -0.122. The zero-order chi connectivity index (χ0) is 12.1. The van der Waals surface area contributed by atoms with E-state index >= 15 is 0 Å². The van der Waals surface area contributed by atoms with Crippen LogP contribution < -0.4 is 10.6 Å². The number of rotatable bonds is 3. The highest BCUT2D eigenvalue weighted by molar-refractivity contribution is 6.32. The Morgan fingerprint density at radius 2 is 2.19 bits per heavy atom. The average molecular weight is 242 g/mol. The third-order valence-corrected chi connectivity index (χ3v) is 2.29. The molecule has 1 atom stereocenters. The number of amides is 2. The Bertz CT molecular complexity index is 409. The molecular formula is C10H12ClN3O2. The Balaban J connectivity index is 2.73. The van der Waals surface area contributed by atoms with Crippen molar-refractivity contribution in [1.82, 2.24) is 15.6 Å².